The van der Waals surface area contributed by atoms with Gasteiger partial charge in [0, 0.05) is 0 Å². The number of hydrogen-bond donors (Lipinski definition) is 2. The molecule has 0 atom stereocenters. The second-order valence-corrected chi connectivity index (χ2v) is 6.30. The molecule has 0 unspecified atom stereocenters. The molecule has 0 heterocycles. The third kappa shape index (κ3) is 6.29. The lowest BCUT2D eigenvalue weighted by molar-refractivity contribution is -0.131. The fourth-order valence-corrected chi connectivity index (χ4v) is 2.30. The van der Waals surface area contributed by atoms with Crippen LogP contribution in [0.15, 0.2) is 42.5 Å². The van der Waals surface area contributed by atoms with E-state index in [9.17, 15) is 14.0 Å². The first-order valence-corrected chi connectivity index (χ1v) is 8.55. The van der Waals surface area contributed by atoms with Gasteiger partial charge in [-0.25, -0.2) is 4.39 Å². The van der Waals surface area contributed by atoms with Crippen LogP contribution < -0.4 is 20.3 Å². The monoisotopic (exact) mass is 374 g/mol. The molecule has 0 aliphatic heterocycles. The fraction of sp³-hybridized carbons (Fsp3) is 0.300. The second-order valence-electron chi connectivity index (χ2n) is 6.30. The normalized spacial score (nSPS) is 10.4. The first-order chi connectivity index (χ1) is 12.9. The van der Waals surface area contributed by atoms with Gasteiger partial charge in [0.05, 0.1) is 0 Å². The summed E-state index contributed by atoms with van der Waals surface area (Å²) >= 11 is 0. The van der Waals surface area contributed by atoms with E-state index in [0.29, 0.717) is 5.75 Å². The van der Waals surface area contributed by atoms with Crippen LogP contribution in [0, 0.1) is 12.7 Å². The molecule has 2 aromatic carbocycles. The van der Waals surface area contributed by atoms with E-state index < -0.39 is 24.2 Å². The maximum Gasteiger partial charge on any atom is 0.276 e. The molecule has 2 rings (SSSR count). The van der Waals surface area contributed by atoms with Crippen molar-refractivity contribution in [3.8, 4) is 11.5 Å². The van der Waals surface area contributed by atoms with E-state index in [4.69, 9.17) is 9.47 Å². The van der Waals surface area contributed by atoms with Gasteiger partial charge in [0.15, 0.2) is 24.8 Å². The molecular weight excluding hydrogens is 351 g/mol. The van der Waals surface area contributed by atoms with E-state index >= 15 is 0 Å². The first-order valence-electron chi connectivity index (χ1n) is 8.55. The zero-order chi connectivity index (χ0) is 19.8. The van der Waals surface area contributed by atoms with Crippen LogP contribution >= 0.6 is 0 Å². The van der Waals surface area contributed by atoms with Crippen LogP contribution in [0.1, 0.15) is 30.9 Å². The van der Waals surface area contributed by atoms with Crippen molar-refractivity contribution < 1.29 is 23.5 Å². The molecule has 0 aliphatic carbocycles. The van der Waals surface area contributed by atoms with Gasteiger partial charge in [0.25, 0.3) is 11.8 Å². The highest BCUT2D eigenvalue weighted by Gasteiger charge is 2.11. The summed E-state index contributed by atoms with van der Waals surface area (Å²) in [5.41, 5.74) is 6.44. The fourth-order valence-electron chi connectivity index (χ4n) is 2.30. The Morgan fingerprint density at radius 2 is 1.56 bits per heavy atom. The minimum absolute atomic E-state index is 0.0389. The van der Waals surface area contributed by atoms with Gasteiger partial charge in [-0.2, -0.15) is 0 Å². The minimum atomic E-state index is -0.620. The van der Waals surface area contributed by atoms with Crippen molar-refractivity contribution in [3.05, 3.63) is 59.4 Å². The van der Waals surface area contributed by atoms with Crippen LogP contribution in [0.3, 0.4) is 0 Å². The molecule has 0 saturated carbocycles. The van der Waals surface area contributed by atoms with Crippen molar-refractivity contribution in [1.82, 2.24) is 10.9 Å². The van der Waals surface area contributed by atoms with Gasteiger partial charge in [0.1, 0.15) is 5.75 Å². The third-order valence-corrected chi connectivity index (χ3v) is 3.69. The molecule has 7 heteroatoms. The lowest BCUT2D eigenvalue weighted by Gasteiger charge is -2.15. The van der Waals surface area contributed by atoms with E-state index in [1.807, 2.05) is 39.0 Å². The van der Waals surface area contributed by atoms with Gasteiger partial charge < -0.3 is 9.47 Å². The molecule has 2 aromatic rings. The average molecular weight is 374 g/mol. The summed E-state index contributed by atoms with van der Waals surface area (Å²) in [5.74, 6) is -0.867. The molecule has 2 amide bonds. The molecule has 144 valence electrons. The van der Waals surface area contributed by atoms with Crippen molar-refractivity contribution in [2.75, 3.05) is 13.2 Å². The smallest absolute Gasteiger partial charge is 0.276 e. The van der Waals surface area contributed by atoms with E-state index in [2.05, 4.69) is 10.9 Å². The number of amides is 2. The van der Waals surface area contributed by atoms with Crippen LogP contribution in [-0.2, 0) is 9.59 Å². The number of rotatable bonds is 7. The molecule has 0 radical (unpaired) electrons. The topological polar surface area (TPSA) is 76.7 Å². The number of nitrogens with one attached hydrogen (secondary N) is 2. The molecular formula is C20H23FN2O4. The molecule has 2 N–H and O–H groups in total. The van der Waals surface area contributed by atoms with Crippen LogP contribution in [0.2, 0.25) is 0 Å². The maximum absolute atomic E-state index is 13.4. The molecule has 0 aliphatic rings. The lowest BCUT2D eigenvalue weighted by atomic mass is 10.0. The SMILES string of the molecule is Cc1ccc(C(C)C)c(OCC(=O)NNC(=O)COc2ccccc2F)c1. The number of hydrazine groups is 1. The van der Waals surface area contributed by atoms with Crippen molar-refractivity contribution in [2.24, 2.45) is 0 Å². The number of carbonyl (C=O) groups excluding carboxylic acids is 2. The second kappa shape index (κ2) is 9.56. The Bertz CT molecular complexity index is 808. The van der Waals surface area contributed by atoms with E-state index in [1.165, 1.54) is 18.2 Å². The summed E-state index contributed by atoms with van der Waals surface area (Å²) in [4.78, 5) is 23.5. The molecule has 6 nitrogen and oxygen atoms in total. The van der Waals surface area contributed by atoms with Gasteiger partial charge in [0.2, 0.25) is 0 Å². The molecule has 0 bridgehead atoms. The van der Waals surface area contributed by atoms with Gasteiger partial charge in [-0.05, 0) is 42.2 Å². The highest BCUT2D eigenvalue weighted by atomic mass is 19.1. The number of hydrogen-bond acceptors (Lipinski definition) is 4. The summed E-state index contributed by atoms with van der Waals surface area (Å²) in [7, 11) is 0. The van der Waals surface area contributed by atoms with Gasteiger partial charge >= 0.3 is 0 Å². The Morgan fingerprint density at radius 1 is 0.963 bits per heavy atom. The van der Waals surface area contributed by atoms with Gasteiger partial charge in [-0.3, -0.25) is 20.4 Å². The predicted molar refractivity (Wildman–Crippen MR) is 98.9 cm³/mol. The number of benzene rings is 2. The Labute approximate surface area is 157 Å². The molecule has 0 spiro atoms. The van der Waals surface area contributed by atoms with Gasteiger partial charge in [-0.1, -0.05) is 38.1 Å². The molecule has 27 heavy (non-hydrogen) atoms. The van der Waals surface area contributed by atoms with E-state index in [1.54, 1.807) is 6.07 Å². The lowest BCUT2D eigenvalue weighted by Crippen LogP contribution is -2.45. The Morgan fingerprint density at radius 3 is 2.15 bits per heavy atom. The Kier molecular flexibility index (Phi) is 7.16. The van der Waals surface area contributed by atoms with Crippen molar-refractivity contribution in [2.45, 2.75) is 26.7 Å². The van der Waals surface area contributed by atoms with Crippen LogP contribution in [-0.4, -0.2) is 25.0 Å². The highest BCUT2D eigenvalue weighted by Crippen LogP contribution is 2.27. The first kappa shape index (κ1) is 20.2. The number of aryl methyl sites for hydroxylation is 1. The zero-order valence-electron chi connectivity index (χ0n) is 15.5. The number of ether oxygens (including phenoxy) is 2. The van der Waals surface area contributed by atoms with E-state index in [-0.39, 0.29) is 18.3 Å². The predicted octanol–water partition coefficient (Wildman–Crippen LogP) is 2.86. The summed E-state index contributed by atoms with van der Waals surface area (Å²) in [6.45, 7) is 5.32. The largest absolute Gasteiger partial charge is 0.483 e. The maximum atomic E-state index is 13.4. The minimum Gasteiger partial charge on any atom is -0.483 e. The Hall–Kier alpha value is -3.09. The molecule has 0 fully saturated rings. The van der Waals surface area contributed by atoms with Crippen molar-refractivity contribution in [1.29, 1.82) is 0 Å². The van der Waals surface area contributed by atoms with Crippen LogP contribution in [0.25, 0.3) is 0 Å². The highest BCUT2D eigenvalue weighted by molar-refractivity contribution is 5.83. The van der Waals surface area contributed by atoms with Crippen molar-refractivity contribution >= 4 is 11.8 Å². The molecule has 0 aromatic heterocycles. The Balaban J connectivity index is 1.77. The summed E-state index contributed by atoms with van der Waals surface area (Å²) < 4.78 is 24.0. The number of para-hydroxylation sites is 1. The summed E-state index contributed by atoms with van der Waals surface area (Å²) in [6.07, 6.45) is 0. The quantitative estimate of drug-likeness (QED) is 0.731. The zero-order valence-corrected chi connectivity index (χ0v) is 15.5. The standard InChI is InChI=1S/C20H23FN2O4/c1-13(2)15-9-8-14(3)10-18(15)27-12-20(25)23-22-19(24)11-26-17-7-5-4-6-16(17)21/h4-10,13H,11-12H2,1-3H3,(H,22,24)(H,23,25). The van der Waals surface area contributed by atoms with Crippen LogP contribution in [0.5, 0.6) is 11.5 Å². The van der Waals surface area contributed by atoms with E-state index in [0.717, 1.165) is 11.1 Å². The number of halogens is 1. The van der Waals surface area contributed by atoms with Gasteiger partial charge in [-0.15, -0.1) is 0 Å². The average Bonchev–Trinajstić information content (AvgIpc) is 2.63. The summed E-state index contributed by atoms with van der Waals surface area (Å²) in [5, 5.41) is 0. The van der Waals surface area contributed by atoms with Crippen LogP contribution in [0.4, 0.5) is 4.39 Å². The number of carbonyl (C=O) groups is 2. The summed E-state index contributed by atoms with van der Waals surface area (Å²) in [6, 6.07) is 11.6. The third-order valence-electron chi connectivity index (χ3n) is 3.69. The molecule has 0 saturated heterocycles. The van der Waals surface area contributed by atoms with Crippen molar-refractivity contribution in [3.63, 3.8) is 0 Å².